The van der Waals surface area contributed by atoms with Gasteiger partial charge in [0.05, 0.1) is 0 Å². The van der Waals surface area contributed by atoms with Gasteiger partial charge >= 0.3 is 0 Å². The lowest BCUT2D eigenvalue weighted by Gasteiger charge is -2.35. The number of piperidine rings is 1. The molecule has 0 spiro atoms. The molecule has 2 fully saturated rings. The highest BCUT2D eigenvalue weighted by Crippen LogP contribution is 2.44. The molecule has 2 rings (SSSR count). The van der Waals surface area contributed by atoms with E-state index >= 15 is 0 Å². The molecule has 0 bridgehead atoms. The van der Waals surface area contributed by atoms with Crippen LogP contribution in [0.1, 0.15) is 46.5 Å². The van der Waals surface area contributed by atoms with E-state index in [2.05, 4.69) is 31.4 Å². The van der Waals surface area contributed by atoms with Gasteiger partial charge in [-0.05, 0) is 38.1 Å². The van der Waals surface area contributed by atoms with Crippen molar-refractivity contribution in [3.05, 3.63) is 0 Å². The molecule has 1 saturated heterocycles. The molecule has 2 N–H and O–H groups in total. The van der Waals surface area contributed by atoms with Crippen LogP contribution in [-0.4, -0.2) is 24.7 Å². The summed E-state index contributed by atoms with van der Waals surface area (Å²) in [6, 6.07) is 0.767. The largest absolute Gasteiger partial charge is 0.312 e. The first kappa shape index (κ1) is 10.4. The maximum Gasteiger partial charge on any atom is 0.0278 e. The van der Waals surface area contributed by atoms with Crippen LogP contribution >= 0.6 is 0 Å². The highest BCUT2D eigenvalue weighted by molar-refractivity contribution is 5.03. The minimum absolute atomic E-state index is 0.358. The highest BCUT2D eigenvalue weighted by Gasteiger charge is 2.45. The van der Waals surface area contributed by atoms with Gasteiger partial charge in [0.1, 0.15) is 0 Å². The molecule has 2 heteroatoms. The Hall–Kier alpha value is -0.0800. The van der Waals surface area contributed by atoms with Crippen molar-refractivity contribution in [2.75, 3.05) is 13.1 Å². The van der Waals surface area contributed by atoms with Gasteiger partial charge in [-0.15, -0.1) is 0 Å². The smallest absolute Gasteiger partial charge is 0.0278 e. The van der Waals surface area contributed by atoms with Crippen molar-refractivity contribution in [1.29, 1.82) is 0 Å². The third kappa shape index (κ3) is 2.29. The molecule has 2 atom stereocenters. The van der Waals surface area contributed by atoms with Gasteiger partial charge in [0.15, 0.2) is 0 Å². The lowest BCUT2D eigenvalue weighted by molar-refractivity contribution is 0.263. The van der Waals surface area contributed by atoms with Crippen LogP contribution in [0.25, 0.3) is 0 Å². The minimum Gasteiger partial charge on any atom is -0.312 e. The maximum atomic E-state index is 3.69. The normalized spacial score (nSPS) is 40.9. The van der Waals surface area contributed by atoms with Crippen LogP contribution < -0.4 is 10.6 Å². The van der Waals surface area contributed by atoms with E-state index in [9.17, 15) is 0 Å². The minimum atomic E-state index is 0.358. The van der Waals surface area contributed by atoms with E-state index in [4.69, 9.17) is 0 Å². The average Bonchev–Trinajstić information content (AvgIpc) is 2.73. The molecule has 0 aromatic carbocycles. The van der Waals surface area contributed by atoms with Crippen molar-refractivity contribution in [3.8, 4) is 0 Å². The fourth-order valence-corrected chi connectivity index (χ4v) is 2.43. The number of rotatable bonds is 3. The zero-order valence-electron chi connectivity index (χ0n) is 9.82. The molecule has 1 saturated carbocycles. The van der Waals surface area contributed by atoms with Crippen LogP contribution in [0.2, 0.25) is 0 Å². The van der Waals surface area contributed by atoms with Crippen molar-refractivity contribution in [2.24, 2.45) is 5.41 Å². The van der Waals surface area contributed by atoms with Gasteiger partial charge in [-0.25, -0.2) is 0 Å². The summed E-state index contributed by atoms with van der Waals surface area (Å²) in [6.45, 7) is 9.39. The van der Waals surface area contributed by atoms with E-state index in [1.54, 1.807) is 0 Å². The van der Waals surface area contributed by atoms with Gasteiger partial charge in [-0.3, -0.25) is 0 Å². The fraction of sp³-hybridized carbons (Fsp3) is 1.00. The summed E-state index contributed by atoms with van der Waals surface area (Å²) < 4.78 is 0. The zero-order chi connectivity index (χ0) is 10.2. The monoisotopic (exact) mass is 196 g/mol. The Morgan fingerprint density at radius 2 is 2.00 bits per heavy atom. The van der Waals surface area contributed by atoms with Gasteiger partial charge in [-0.1, -0.05) is 20.3 Å². The van der Waals surface area contributed by atoms with E-state index in [0.717, 1.165) is 12.6 Å². The second kappa shape index (κ2) is 3.49. The fourth-order valence-electron chi connectivity index (χ4n) is 2.43. The van der Waals surface area contributed by atoms with Crippen molar-refractivity contribution in [3.63, 3.8) is 0 Å². The lowest BCUT2D eigenvalue weighted by atomic mass is 9.91. The van der Waals surface area contributed by atoms with Crippen LogP contribution in [0.15, 0.2) is 0 Å². The molecule has 1 aliphatic carbocycles. The summed E-state index contributed by atoms with van der Waals surface area (Å²) >= 11 is 0. The van der Waals surface area contributed by atoms with Crippen molar-refractivity contribution in [1.82, 2.24) is 10.6 Å². The predicted molar refractivity (Wildman–Crippen MR) is 60.4 cm³/mol. The molecule has 0 amide bonds. The summed E-state index contributed by atoms with van der Waals surface area (Å²) in [6.07, 6.45) is 5.42. The topological polar surface area (TPSA) is 24.1 Å². The van der Waals surface area contributed by atoms with Crippen LogP contribution in [0.4, 0.5) is 0 Å². The van der Waals surface area contributed by atoms with Crippen molar-refractivity contribution < 1.29 is 0 Å². The maximum absolute atomic E-state index is 3.69. The molecule has 1 aliphatic heterocycles. The standard InChI is InChI=1S/C12H24N2/c1-11(2)8-10(11)13-9-12(3)6-4-5-7-14-12/h10,13-14H,4-9H2,1-3H3. The summed E-state index contributed by atoms with van der Waals surface area (Å²) in [4.78, 5) is 0. The first-order chi connectivity index (χ1) is 6.52. The zero-order valence-corrected chi connectivity index (χ0v) is 9.82. The Labute approximate surface area is 87.8 Å². The molecule has 82 valence electrons. The molecule has 2 aliphatic rings. The quantitative estimate of drug-likeness (QED) is 0.720. The Morgan fingerprint density at radius 1 is 1.29 bits per heavy atom. The van der Waals surface area contributed by atoms with Crippen LogP contribution in [-0.2, 0) is 0 Å². The van der Waals surface area contributed by atoms with Gasteiger partial charge in [0, 0.05) is 18.1 Å². The SMILES string of the molecule is CC1(CNC2CC2(C)C)CCCCN1. The summed E-state index contributed by atoms with van der Waals surface area (Å²) in [5.74, 6) is 0. The summed E-state index contributed by atoms with van der Waals surface area (Å²) in [7, 11) is 0. The molecular weight excluding hydrogens is 172 g/mol. The van der Waals surface area contributed by atoms with E-state index in [1.165, 1.54) is 32.2 Å². The second-order valence-corrected chi connectivity index (χ2v) is 6.07. The first-order valence-electron chi connectivity index (χ1n) is 6.00. The Morgan fingerprint density at radius 3 is 2.50 bits per heavy atom. The Balaban J connectivity index is 1.74. The first-order valence-corrected chi connectivity index (χ1v) is 6.00. The van der Waals surface area contributed by atoms with Gasteiger partial charge in [-0.2, -0.15) is 0 Å². The van der Waals surface area contributed by atoms with Crippen LogP contribution in [0.3, 0.4) is 0 Å². The lowest BCUT2D eigenvalue weighted by Crippen LogP contribution is -2.53. The molecule has 0 aromatic rings. The highest BCUT2D eigenvalue weighted by atomic mass is 15.1. The molecule has 2 nitrogen and oxygen atoms in total. The van der Waals surface area contributed by atoms with E-state index in [-0.39, 0.29) is 0 Å². The van der Waals surface area contributed by atoms with E-state index in [0.29, 0.717) is 11.0 Å². The third-order valence-corrected chi connectivity index (χ3v) is 3.96. The van der Waals surface area contributed by atoms with Gasteiger partial charge in [0.25, 0.3) is 0 Å². The number of hydrogen-bond acceptors (Lipinski definition) is 2. The molecule has 14 heavy (non-hydrogen) atoms. The van der Waals surface area contributed by atoms with Gasteiger partial charge in [0.2, 0.25) is 0 Å². The number of nitrogens with one attached hydrogen (secondary N) is 2. The van der Waals surface area contributed by atoms with Gasteiger partial charge < -0.3 is 10.6 Å². The summed E-state index contributed by atoms with van der Waals surface area (Å²) in [5, 5.41) is 7.34. The van der Waals surface area contributed by atoms with Crippen LogP contribution in [0.5, 0.6) is 0 Å². The second-order valence-electron chi connectivity index (χ2n) is 6.07. The molecule has 0 aromatic heterocycles. The average molecular weight is 196 g/mol. The molecule has 2 unspecified atom stereocenters. The van der Waals surface area contributed by atoms with Crippen molar-refractivity contribution in [2.45, 2.75) is 58.0 Å². The Kier molecular flexibility index (Phi) is 2.61. The van der Waals surface area contributed by atoms with E-state index < -0.39 is 0 Å². The third-order valence-electron chi connectivity index (χ3n) is 3.96. The molecule has 0 radical (unpaired) electrons. The number of hydrogen-bond donors (Lipinski definition) is 2. The predicted octanol–water partition coefficient (Wildman–Crippen LogP) is 1.91. The Bertz CT molecular complexity index is 204. The molecular formula is C12H24N2. The van der Waals surface area contributed by atoms with Crippen LogP contribution in [0, 0.1) is 5.41 Å². The molecule has 1 heterocycles. The van der Waals surface area contributed by atoms with Crippen molar-refractivity contribution >= 4 is 0 Å². The summed E-state index contributed by atoms with van der Waals surface area (Å²) in [5.41, 5.74) is 0.919. The van der Waals surface area contributed by atoms with E-state index in [1.807, 2.05) is 0 Å².